The van der Waals surface area contributed by atoms with Crippen molar-refractivity contribution in [2.24, 2.45) is 11.7 Å². The highest BCUT2D eigenvalue weighted by atomic mass is 16.5. The number of nitrogens with zero attached hydrogens (tertiary/aromatic N) is 1. The zero-order chi connectivity index (χ0) is 11.1. The first-order valence-corrected chi connectivity index (χ1v) is 5.74. The van der Waals surface area contributed by atoms with Gasteiger partial charge in [0.1, 0.15) is 0 Å². The highest BCUT2D eigenvalue weighted by Crippen LogP contribution is 2.19. The zero-order valence-corrected chi connectivity index (χ0v) is 9.58. The summed E-state index contributed by atoms with van der Waals surface area (Å²) in [4.78, 5) is 13.7. The first-order chi connectivity index (χ1) is 7.27. The van der Waals surface area contributed by atoms with E-state index in [4.69, 9.17) is 10.5 Å². The number of hydrogen-bond acceptors (Lipinski definition) is 3. The molecule has 1 amide bonds. The number of rotatable bonds is 5. The maximum absolute atomic E-state index is 11.7. The highest BCUT2D eigenvalue weighted by Gasteiger charge is 2.22. The summed E-state index contributed by atoms with van der Waals surface area (Å²) in [6.07, 6.45) is 3.87. The fraction of sp³-hybridized carbons (Fsp3) is 0.909. The Hall–Kier alpha value is -0.610. The molecule has 1 aliphatic rings. The summed E-state index contributed by atoms with van der Waals surface area (Å²) in [5.74, 6) is 0.828. The van der Waals surface area contributed by atoms with E-state index in [1.54, 1.807) is 7.11 Å². The summed E-state index contributed by atoms with van der Waals surface area (Å²) in [5.41, 5.74) is 5.54. The maximum Gasteiger partial charge on any atom is 0.224 e. The van der Waals surface area contributed by atoms with Crippen LogP contribution in [0.4, 0.5) is 0 Å². The molecule has 0 bridgehead atoms. The molecule has 1 aliphatic heterocycles. The van der Waals surface area contributed by atoms with Gasteiger partial charge in [0, 0.05) is 20.2 Å². The standard InChI is InChI=1S/C11H22N2O2/c1-15-8-5-11(14)13-7-2-3-10(9-13)4-6-12/h10H,2-9,12H2,1H3. The van der Waals surface area contributed by atoms with Crippen LogP contribution in [0.3, 0.4) is 0 Å². The number of hydrogen-bond donors (Lipinski definition) is 1. The monoisotopic (exact) mass is 214 g/mol. The highest BCUT2D eigenvalue weighted by molar-refractivity contribution is 5.76. The molecule has 0 aliphatic carbocycles. The Labute approximate surface area is 91.8 Å². The van der Waals surface area contributed by atoms with Gasteiger partial charge in [-0.2, -0.15) is 0 Å². The SMILES string of the molecule is COCCC(=O)N1CCCC(CCN)C1. The van der Waals surface area contributed by atoms with Gasteiger partial charge < -0.3 is 15.4 Å². The first-order valence-electron chi connectivity index (χ1n) is 5.74. The Morgan fingerprint density at radius 1 is 1.60 bits per heavy atom. The van der Waals surface area contributed by atoms with Crippen LogP contribution >= 0.6 is 0 Å². The molecule has 2 N–H and O–H groups in total. The van der Waals surface area contributed by atoms with E-state index in [9.17, 15) is 4.79 Å². The molecule has 4 nitrogen and oxygen atoms in total. The van der Waals surface area contributed by atoms with Crippen LogP contribution in [0.25, 0.3) is 0 Å². The molecule has 0 aromatic rings. The molecule has 0 saturated carbocycles. The Balaban J connectivity index is 2.31. The molecule has 0 aromatic carbocycles. The van der Waals surface area contributed by atoms with Crippen molar-refractivity contribution in [3.63, 3.8) is 0 Å². The van der Waals surface area contributed by atoms with Gasteiger partial charge in [0.15, 0.2) is 0 Å². The van der Waals surface area contributed by atoms with E-state index in [2.05, 4.69) is 0 Å². The summed E-state index contributed by atoms with van der Waals surface area (Å²) >= 11 is 0. The molecule has 0 spiro atoms. The van der Waals surface area contributed by atoms with E-state index >= 15 is 0 Å². The third kappa shape index (κ3) is 4.18. The van der Waals surface area contributed by atoms with Gasteiger partial charge in [0.05, 0.1) is 13.0 Å². The second-order valence-electron chi connectivity index (χ2n) is 4.17. The molecule has 88 valence electrons. The van der Waals surface area contributed by atoms with Gasteiger partial charge in [0.2, 0.25) is 5.91 Å². The molecule has 1 rings (SSSR count). The number of carbonyl (C=O) groups excluding carboxylic acids is 1. The van der Waals surface area contributed by atoms with Crippen LogP contribution in [0, 0.1) is 5.92 Å². The number of methoxy groups -OCH3 is 1. The Morgan fingerprint density at radius 2 is 2.40 bits per heavy atom. The van der Waals surface area contributed by atoms with Gasteiger partial charge in [0.25, 0.3) is 0 Å². The molecular formula is C11H22N2O2. The van der Waals surface area contributed by atoms with E-state index in [-0.39, 0.29) is 5.91 Å². The molecular weight excluding hydrogens is 192 g/mol. The third-order valence-corrected chi connectivity index (χ3v) is 2.97. The summed E-state index contributed by atoms with van der Waals surface area (Å²) in [6.45, 7) is 3.05. The summed E-state index contributed by atoms with van der Waals surface area (Å²) in [7, 11) is 1.63. The number of likely N-dealkylation sites (tertiary alicyclic amines) is 1. The summed E-state index contributed by atoms with van der Waals surface area (Å²) in [5, 5.41) is 0. The van der Waals surface area contributed by atoms with Crippen molar-refractivity contribution in [1.82, 2.24) is 4.90 Å². The second-order valence-corrected chi connectivity index (χ2v) is 4.17. The van der Waals surface area contributed by atoms with E-state index in [1.807, 2.05) is 4.90 Å². The van der Waals surface area contributed by atoms with E-state index in [0.717, 1.165) is 32.5 Å². The van der Waals surface area contributed by atoms with Crippen molar-refractivity contribution in [1.29, 1.82) is 0 Å². The average molecular weight is 214 g/mol. The van der Waals surface area contributed by atoms with E-state index < -0.39 is 0 Å². The molecule has 1 unspecified atom stereocenters. The Bertz CT molecular complexity index is 195. The zero-order valence-electron chi connectivity index (χ0n) is 9.58. The fourth-order valence-corrected chi connectivity index (χ4v) is 2.11. The van der Waals surface area contributed by atoms with Crippen LogP contribution in [0.1, 0.15) is 25.7 Å². The van der Waals surface area contributed by atoms with Gasteiger partial charge >= 0.3 is 0 Å². The van der Waals surface area contributed by atoms with Crippen LogP contribution in [0.2, 0.25) is 0 Å². The maximum atomic E-state index is 11.7. The van der Waals surface area contributed by atoms with E-state index in [1.165, 1.54) is 6.42 Å². The largest absolute Gasteiger partial charge is 0.384 e. The molecule has 1 fully saturated rings. The van der Waals surface area contributed by atoms with Crippen molar-refractivity contribution in [3.05, 3.63) is 0 Å². The second kappa shape index (κ2) is 6.80. The number of nitrogens with two attached hydrogens (primary N) is 1. The lowest BCUT2D eigenvalue weighted by atomic mass is 9.95. The smallest absolute Gasteiger partial charge is 0.224 e. The minimum absolute atomic E-state index is 0.221. The summed E-state index contributed by atoms with van der Waals surface area (Å²) in [6, 6.07) is 0. The van der Waals surface area contributed by atoms with Gasteiger partial charge in [-0.25, -0.2) is 0 Å². The Kier molecular flexibility index (Phi) is 5.65. The van der Waals surface area contributed by atoms with Crippen LogP contribution in [-0.2, 0) is 9.53 Å². The van der Waals surface area contributed by atoms with Crippen molar-refractivity contribution in [2.45, 2.75) is 25.7 Å². The lowest BCUT2D eigenvalue weighted by molar-refractivity contribution is -0.134. The van der Waals surface area contributed by atoms with Crippen molar-refractivity contribution in [2.75, 3.05) is 33.4 Å². The minimum atomic E-state index is 0.221. The molecule has 4 heteroatoms. The molecule has 15 heavy (non-hydrogen) atoms. The fourth-order valence-electron chi connectivity index (χ4n) is 2.11. The molecule has 1 atom stereocenters. The molecule has 1 saturated heterocycles. The van der Waals surface area contributed by atoms with Gasteiger partial charge in [-0.3, -0.25) is 4.79 Å². The average Bonchev–Trinajstić information content (AvgIpc) is 2.27. The predicted octanol–water partition coefficient (Wildman–Crippen LogP) is 0.610. The van der Waals surface area contributed by atoms with E-state index in [0.29, 0.717) is 18.9 Å². The van der Waals surface area contributed by atoms with Gasteiger partial charge in [-0.05, 0) is 31.7 Å². The number of carbonyl (C=O) groups is 1. The molecule has 0 radical (unpaired) electrons. The third-order valence-electron chi connectivity index (χ3n) is 2.97. The molecule has 0 aromatic heterocycles. The quantitative estimate of drug-likeness (QED) is 0.729. The van der Waals surface area contributed by atoms with Crippen LogP contribution in [-0.4, -0.2) is 44.2 Å². The lowest BCUT2D eigenvalue weighted by Gasteiger charge is -2.32. The van der Waals surface area contributed by atoms with Crippen LogP contribution in [0.5, 0.6) is 0 Å². The van der Waals surface area contributed by atoms with Gasteiger partial charge in [-0.15, -0.1) is 0 Å². The normalized spacial score (nSPS) is 21.7. The van der Waals surface area contributed by atoms with Crippen molar-refractivity contribution < 1.29 is 9.53 Å². The van der Waals surface area contributed by atoms with Crippen LogP contribution < -0.4 is 5.73 Å². The minimum Gasteiger partial charge on any atom is -0.384 e. The Morgan fingerprint density at radius 3 is 3.07 bits per heavy atom. The predicted molar refractivity (Wildman–Crippen MR) is 59.5 cm³/mol. The molecule has 1 heterocycles. The number of piperidine rings is 1. The number of amides is 1. The number of ether oxygens (including phenoxy) is 1. The topological polar surface area (TPSA) is 55.6 Å². The van der Waals surface area contributed by atoms with Gasteiger partial charge in [-0.1, -0.05) is 0 Å². The first kappa shape index (κ1) is 12.5. The summed E-state index contributed by atoms with van der Waals surface area (Å²) < 4.78 is 4.91. The van der Waals surface area contributed by atoms with Crippen molar-refractivity contribution >= 4 is 5.91 Å². The van der Waals surface area contributed by atoms with Crippen LogP contribution in [0.15, 0.2) is 0 Å². The van der Waals surface area contributed by atoms with Crippen molar-refractivity contribution in [3.8, 4) is 0 Å². The lowest BCUT2D eigenvalue weighted by Crippen LogP contribution is -2.40.